The van der Waals surface area contributed by atoms with Crippen LogP contribution in [0.25, 0.3) is 0 Å². The molecule has 1 aromatic rings. The highest BCUT2D eigenvalue weighted by atomic mass is 35.5. The molecule has 0 aliphatic carbocycles. The largest absolute Gasteiger partial charge is 0.392 e. The van der Waals surface area contributed by atoms with Gasteiger partial charge in [-0.1, -0.05) is 23.8 Å². The van der Waals surface area contributed by atoms with Crippen molar-refractivity contribution in [2.75, 3.05) is 6.54 Å². The monoisotopic (exact) mass is 282 g/mol. The normalized spacial score (nSPS) is 19.0. The number of hydrogen-bond acceptors (Lipinski definition) is 2. The van der Waals surface area contributed by atoms with E-state index in [0.717, 1.165) is 18.4 Å². The van der Waals surface area contributed by atoms with Crippen LogP contribution in [0, 0.1) is 6.92 Å². The topological polar surface area (TPSA) is 46.3 Å². The molecule has 18 heavy (non-hydrogen) atoms. The number of amides is 1. The summed E-state index contributed by atoms with van der Waals surface area (Å²) in [7, 11) is 0. The van der Waals surface area contributed by atoms with Crippen LogP contribution in [-0.4, -0.2) is 28.4 Å². The first kappa shape index (κ1) is 13.3. The summed E-state index contributed by atoms with van der Waals surface area (Å²) < 4.78 is 0. The van der Waals surface area contributed by atoms with Crippen molar-refractivity contribution in [3.63, 3.8) is 0 Å². The Bertz CT molecular complexity index is 504. The molecule has 1 amide bonds. The van der Waals surface area contributed by atoms with E-state index < -0.39 is 0 Å². The van der Waals surface area contributed by atoms with Crippen LogP contribution in [0.15, 0.2) is 18.2 Å². The summed E-state index contributed by atoms with van der Waals surface area (Å²) in [6, 6.07) is 5.19. The van der Waals surface area contributed by atoms with Gasteiger partial charge in [0.25, 0.3) is 5.91 Å². The van der Waals surface area contributed by atoms with Crippen molar-refractivity contribution in [2.45, 2.75) is 25.8 Å². The van der Waals surface area contributed by atoms with Crippen LogP contribution in [-0.2, 0) is 0 Å². The van der Waals surface area contributed by atoms with E-state index in [1.54, 1.807) is 23.1 Å². The maximum atomic E-state index is 12.4. The first-order valence-corrected chi connectivity index (χ1v) is 6.66. The van der Waals surface area contributed by atoms with Crippen molar-refractivity contribution >= 4 is 34.7 Å². The number of carbonyl (C=O) groups excluding carboxylic acids is 1. The molecule has 96 valence electrons. The second kappa shape index (κ2) is 5.24. The standard InChI is InChI=1S/C13H15ClN2OS/c1-8-7-9(4-5-10(8)14)13(17)16-6-2-3-11(16)12(15)18/h4-5,7,11H,2-3,6H2,1H3,(H2,15,18). The van der Waals surface area contributed by atoms with E-state index in [1.807, 2.05) is 6.92 Å². The summed E-state index contributed by atoms with van der Waals surface area (Å²) in [6.07, 6.45) is 1.80. The number of likely N-dealkylation sites (tertiary alicyclic amines) is 1. The van der Waals surface area contributed by atoms with Gasteiger partial charge < -0.3 is 10.6 Å². The Hall–Kier alpha value is -1.13. The molecular formula is C13H15ClN2OS. The van der Waals surface area contributed by atoms with Crippen LogP contribution in [0.3, 0.4) is 0 Å². The first-order valence-electron chi connectivity index (χ1n) is 5.87. The maximum Gasteiger partial charge on any atom is 0.254 e. The molecular weight excluding hydrogens is 268 g/mol. The molecule has 1 heterocycles. The van der Waals surface area contributed by atoms with Crippen LogP contribution in [0.4, 0.5) is 0 Å². The highest BCUT2D eigenvalue weighted by Gasteiger charge is 2.31. The average Bonchev–Trinajstić information content (AvgIpc) is 2.81. The summed E-state index contributed by atoms with van der Waals surface area (Å²) in [5.41, 5.74) is 7.21. The molecule has 5 heteroatoms. The van der Waals surface area contributed by atoms with Gasteiger partial charge in [-0.15, -0.1) is 0 Å². The molecule has 3 nitrogen and oxygen atoms in total. The van der Waals surface area contributed by atoms with Gasteiger partial charge in [0.15, 0.2) is 0 Å². The number of halogens is 1. The zero-order chi connectivity index (χ0) is 13.3. The maximum absolute atomic E-state index is 12.4. The molecule has 2 N–H and O–H groups in total. The average molecular weight is 283 g/mol. The Balaban J connectivity index is 2.25. The van der Waals surface area contributed by atoms with E-state index in [0.29, 0.717) is 22.1 Å². The predicted molar refractivity (Wildman–Crippen MR) is 77.0 cm³/mol. The lowest BCUT2D eigenvalue weighted by atomic mass is 10.1. The van der Waals surface area contributed by atoms with Crippen molar-refractivity contribution in [3.8, 4) is 0 Å². The molecule has 0 aromatic heterocycles. The molecule has 1 fully saturated rings. The quantitative estimate of drug-likeness (QED) is 0.848. The van der Waals surface area contributed by atoms with Crippen LogP contribution < -0.4 is 5.73 Å². The second-order valence-electron chi connectivity index (χ2n) is 4.52. The first-order chi connectivity index (χ1) is 8.50. The van der Waals surface area contributed by atoms with E-state index in [2.05, 4.69) is 0 Å². The lowest BCUT2D eigenvalue weighted by Gasteiger charge is -2.24. The Kier molecular flexibility index (Phi) is 3.88. The summed E-state index contributed by atoms with van der Waals surface area (Å²) >= 11 is 11.0. The Morgan fingerprint density at radius 3 is 2.89 bits per heavy atom. The molecule has 1 aromatic carbocycles. The third-order valence-electron chi connectivity index (χ3n) is 3.25. The Morgan fingerprint density at radius 2 is 2.28 bits per heavy atom. The fraction of sp³-hybridized carbons (Fsp3) is 0.385. The fourth-order valence-corrected chi connectivity index (χ4v) is 2.61. The van der Waals surface area contributed by atoms with Crippen molar-refractivity contribution in [3.05, 3.63) is 34.3 Å². The number of hydrogen-bond donors (Lipinski definition) is 1. The van der Waals surface area contributed by atoms with Gasteiger partial charge in [-0.3, -0.25) is 4.79 Å². The SMILES string of the molecule is Cc1cc(C(=O)N2CCCC2C(N)=S)ccc1Cl. The smallest absolute Gasteiger partial charge is 0.254 e. The number of thiocarbonyl (C=S) groups is 1. The van der Waals surface area contributed by atoms with Crippen LogP contribution in [0.2, 0.25) is 5.02 Å². The van der Waals surface area contributed by atoms with Crippen molar-refractivity contribution in [1.29, 1.82) is 0 Å². The zero-order valence-electron chi connectivity index (χ0n) is 10.1. The van der Waals surface area contributed by atoms with Crippen LogP contribution >= 0.6 is 23.8 Å². The number of carbonyl (C=O) groups is 1. The van der Waals surface area contributed by atoms with Crippen molar-refractivity contribution in [1.82, 2.24) is 4.90 Å². The molecule has 1 aliphatic heterocycles. The van der Waals surface area contributed by atoms with Gasteiger partial charge in [0.1, 0.15) is 0 Å². The minimum absolute atomic E-state index is 0.0231. The van der Waals surface area contributed by atoms with Gasteiger partial charge in [0, 0.05) is 17.1 Å². The van der Waals surface area contributed by atoms with Crippen LogP contribution in [0.5, 0.6) is 0 Å². The van der Waals surface area contributed by atoms with Gasteiger partial charge >= 0.3 is 0 Å². The van der Waals surface area contributed by atoms with Crippen LogP contribution in [0.1, 0.15) is 28.8 Å². The van der Waals surface area contributed by atoms with Gasteiger partial charge in [-0.05, 0) is 43.5 Å². The molecule has 0 saturated carbocycles. The summed E-state index contributed by atoms with van der Waals surface area (Å²) in [6.45, 7) is 2.59. The molecule has 1 atom stereocenters. The van der Waals surface area contributed by atoms with Gasteiger partial charge in [0.05, 0.1) is 11.0 Å². The molecule has 0 radical (unpaired) electrons. The fourth-order valence-electron chi connectivity index (χ4n) is 2.25. The number of aryl methyl sites for hydroxylation is 1. The molecule has 0 bridgehead atoms. The van der Waals surface area contributed by atoms with Crippen molar-refractivity contribution in [2.24, 2.45) is 5.73 Å². The molecule has 1 saturated heterocycles. The number of benzene rings is 1. The van der Waals surface area contributed by atoms with Gasteiger partial charge in [-0.2, -0.15) is 0 Å². The van der Waals surface area contributed by atoms with E-state index in [4.69, 9.17) is 29.6 Å². The third kappa shape index (κ3) is 2.49. The summed E-state index contributed by atoms with van der Waals surface area (Å²) in [4.78, 5) is 14.5. The lowest BCUT2D eigenvalue weighted by Crippen LogP contribution is -2.42. The Labute approximate surface area is 117 Å². The predicted octanol–water partition coefficient (Wildman–Crippen LogP) is 2.54. The third-order valence-corrected chi connectivity index (χ3v) is 3.94. The van der Waals surface area contributed by atoms with E-state index in [1.165, 1.54) is 0 Å². The minimum Gasteiger partial charge on any atom is -0.392 e. The summed E-state index contributed by atoms with van der Waals surface area (Å²) in [5, 5.41) is 0.666. The van der Waals surface area contributed by atoms with E-state index >= 15 is 0 Å². The summed E-state index contributed by atoms with van der Waals surface area (Å²) in [5.74, 6) is -0.0231. The highest BCUT2D eigenvalue weighted by Crippen LogP contribution is 2.22. The highest BCUT2D eigenvalue weighted by molar-refractivity contribution is 7.80. The van der Waals surface area contributed by atoms with Gasteiger partial charge in [-0.25, -0.2) is 0 Å². The second-order valence-corrected chi connectivity index (χ2v) is 5.40. The lowest BCUT2D eigenvalue weighted by molar-refractivity contribution is 0.0770. The van der Waals surface area contributed by atoms with Gasteiger partial charge in [0.2, 0.25) is 0 Å². The molecule has 2 rings (SSSR count). The molecule has 1 aliphatic rings. The number of nitrogens with zero attached hydrogens (tertiary/aromatic N) is 1. The number of rotatable bonds is 2. The minimum atomic E-state index is -0.108. The van der Waals surface area contributed by atoms with E-state index in [-0.39, 0.29) is 11.9 Å². The van der Waals surface area contributed by atoms with Crippen molar-refractivity contribution < 1.29 is 4.79 Å². The van der Waals surface area contributed by atoms with E-state index in [9.17, 15) is 4.79 Å². The molecule has 0 spiro atoms. The zero-order valence-corrected chi connectivity index (χ0v) is 11.7. The Morgan fingerprint density at radius 1 is 1.56 bits per heavy atom. The molecule has 1 unspecified atom stereocenters. The number of nitrogens with two attached hydrogens (primary N) is 1.